The van der Waals surface area contributed by atoms with Crippen LogP contribution in [-0.2, 0) is 0 Å². The van der Waals surface area contributed by atoms with Crippen molar-refractivity contribution in [1.82, 2.24) is 0 Å². The Kier molecular flexibility index (Phi) is 2.36. The fraction of sp³-hybridized carbons (Fsp3) is 0.100. The van der Waals surface area contributed by atoms with Crippen LogP contribution >= 0.6 is 0 Å². The van der Waals surface area contributed by atoms with E-state index in [1.807, 2.05) is 12.1 Å². The van der Waals surface area contributed by atoms with Gasteiger partial charge in [-0.25, -0.2) is 0 Å². The van der Waals surface area contributed by atoms with Crippen LogP contribution in [-0.4, -0.2) is 0 Å². The van der Waals surface area contributed by atoms with Crippen molar-refractivity contribution in [2.24, 2.45) is 0 Å². The molecular weight excluding hydrogens is 270 g/mol. The standard InChI is InChI=1S/C20H15NO/c1-2-8-14(9-3-1)19-20-15-10-4-6-12-17(15)22-18-13-7-5-11-16(18)21(19)20/h1-13,19-20H/t19-,20-,21?/m1/s1. The lowest BCUT2D eigenvalue weighted by molar-refractivity contribution is 0.480. The van der Waals surface area contributed by atoms with Gasteiger partial charge in [-0.15, -0.1) is 0 Å². The molecule has 0 saturated carbocycles. The summed E-state index contributed by atoms with van der Waals surface area (Å²) >= 11 is 0. The molecule has 5 rings (SSSR count). The second-order valence-electron chi connectivity index (χ2n) is 5.82. The van der Waals surface area contributed by atoms with Crippen LogP contribution in [0.1, 0.15) is 23.2 Å². The lowest BCUT2D eigenvalue weighted by Gasteiger charge is -2.12. The lowest BCUT2D eigenvalue weighted by atomic mass is 10.0. The van der Waals surface area contributed by atoms with Gasteiger partial charge in [-0.2, -0.15) is 0 Å². The summed E-state index contributed by atoms with van der Waals surface area (Å²) in [5, 5.41) is 0. The van der Waals surface area contributed by atoms with E-state index in [4.69, 9.17) is 4.74 Å². The molecule has 0 bridgehead atoms. The van der Waals surface area contributed by atoms with E-state index in [1.54, 1.807) is 0 Å². The minimum absolute atomic E-state index is 0.363. The van der Waals surface area contributed by atoms with Gasteiger partial charge >= 0.3 is 0 Å². The summed E-state index contributed by atoms with van der Waals surface area (Å²) in [6, 6.07) is 28.2. The molecule has 2 heteroatoms. The third kappa shape index (κ3) is 1.61. The predicted molar refractivity (Wildman–Crippen MR) is 87.4 cm³/mol. The molecule has 2 aliphatic heterocycles. The van der Waals surface area contributed by atoms with Crippen molar-refractivity contribution >= 4 is 5.69 Å². The van der Waals surface area contributed by atoms with Crippen molar-refractivity contribution in [3.05, 3.63) is 90.0 Å². The van der Waals surface area contributed by atoms with Crippen LogP contribution in [0.3, 0.4) is 0 Å². The summed E-state index contributed by atoms with van der Waals surface area (Å²) in [6.45, 7) is 0. The van der Waals surface area contributed by atoms with Crippen LogP contribution in [0, 0.1) is 0 Å². The normalized spacial score (nSPS) is 21.0. The maximum Gasteiger partial charge on any atom is 0.150 e. The SMILES string of the molecule is c1ccc([C@@H]2[C@H]3c4ccccc4Oc4ccccc4N23)cc1. The van der Waals surface area contributed by atoms with Crippen molar-refractivity contribution in [2.75, 3.05) is 4.90 Å². The minimum Gasteiger partial charge on any atom is -0.455 e. The number of benzene rings is 3. The Balaban J connectivity index is 1.70. The Morgan fingerprint density at radius 1 is 0.636 bits per heavy atom. The molecule has 106 valence electrons. The molecule has 0 N–H and O–H groups in total. The zero-order chi connectivity index (χ0) is 14.5. The van der Waals surface area contributed by atoms with E-state index in [-0.39, 0.29) is 0 Å². The van der Waals surface area contributed by atoms with Crippen LogP contribution in [0.5, 0.6) is 11.5 Å². The first-order valence-electron chi connectivity index (χ1n) is 7.62. The highest BCUT2D eigenvalue weighted by Crippen LogP contribution is 2.62. The molecule has 2 aliphatic rings. The first-order chi connectivity index (χ1) is 10.9. The average Bonchev–Trinajstić information content (AvgIpc) is 3.32. The van der Waals surface area contributed by atoms with Gasteiger partial charge in [0.05, 0.1) is 17.8 Å². The number of anilines is 1. The van der Waals surface area contributed by atoms with Gasteiger partial charge in [-0.05, 0) is 23.8 Å². The zero-order valence-corrected chi connectivity index (χ0v) is 12.0. The van der Waals surface area contributed by atoms with Gasteiger partial charge in [0.25, 0.3) is 0 Å². The fourth-order valence-electron chi connectivity index (χ4n) is 3.54. The second-order valence-corrected chi connectivity index (χ2v) is 5.82. The Hall–Kier alpha value is -2.74. The van der Waals surface area contributed by atoms with Crippen LogP contribution < -0.4 is 9.64 Å². The summed E-state index contributed by atoms with van der Waals surface area (Å²) < 4.78 is 6.15. The molecular formula is C20H15NO. The predicted octanol–water partition coefficient (Wildman–Crippen LogP) is 5.09. The van der Waals surface area contributed by atoms with Gasteiger partial charge < -0.3 is 9.64 Å². The van der Waals surface area contributed by atoms with Crippen molar-refractivity contribution < 1.29 is 4.74 Å². The lowest BCUT2D eigenvalue weighted by Crippen LogP contribution is -1.96. The highest BCUT2D eigenvalue weighted by Gasteiger charge is 2.52. The van der Waals surface area contributed by atoms with Crippen LogP contribution in [0.4, 0.5) is 5.69 Å². The molecule has 0 amide bonds. The maximum atomic E-state index is 6.15. The summed E-state index contributed by atoms with van der Waals surface area (Å²) in [4.78, 5) is 2.45. The minimum atomic E-state index is 0.363. The van der Waals surface area contributed by atoms with Gasteiger partial charge in [0.15, 0.2) is 5.75 Å². The summed E-state index contributed by atoms with van der Waals surface area (Å²) in [5.74, 6) is 1.91. The molecule has 3 aromatic carbocycles. The quantitative estimate of drug-likeness (QED) is 0.577. The van der Waals surface area contributed by atoms with Gasteiger partial charge in [-0.1, -0.05) is 60.7 Å². The van der Waals surface area contributed by atoms with Crippen LogP contribution in [0.25, 0.3) is 0 Å². The Morgan fingerprint density at radius 3 is 2.18 bits per heavy atom. The highest BCUT2D eigenvalue weighted by molar-refractivity contribution is 5.72. The van der Waals surface area contributed by atoms with E-state index in [2.05, 4.69) is 71.6 Å². The number of fused-ring (bicyclic) bond motifs is 5. The van der Waals surface area contributed by atoms with Gasteiger partial charge in [0, 0.05) is 5.56 Å². The molecule has 1 fully saturated rings. The number of rotatable bonds is 1. The van der Waals surface area contributed by atoms with Crippen LogP contribution in [0.15, 0.2) is 78.9 Å². The molecule has 0 radical (unpaired) electrons. The third-order valence-corrected chi connectivity index (χ3v) is 4.55. The summed E-state index contributed by atoms with van der Waals surface area (Å²) in [5.41, 5.74) is 3.81. The van der Waals surface area contributed by atoms with Crippen molar-refractivity contribution in [2.45, 2.75) is 12.1 Å². The number of ether oxygens (including phenoxy) is 1. The average molecular weight is 285 g/mol. The van der Waals surface area contributed by atoms with Crippen molar-refractivity contribution in [3.8, 4) is 11.5 Å². The van der Waals surface area contributed by atoms with Crippen molar-refractivity contribution in [1.29, 1.82) is 0 Å². The molecule has 0 unspecified atom stereocenters. The molecule has 0 aromatic heterocycles. The topological polar surface area (TPSA) is 12.2 Å². The number of nitrogens with zero attached hydrogens (tertiary/aromatic N) is 1. The third-order valence-electron chi connectivity index (χ3n) is 4.55. The molecule has 3 aromatic rings. The number of hydrogen-bond donors (Lipinski definition) is 0. The monoisotopic (exact) mass is 285 g/mol. The molecule has 0 spiro atoms. The summed E-state index contributed by atoms with van der Waals surface area (Å²) in [7, 11) is 0. The van der Waals surface area contributed by atoms with Crippen molar-refractivity contribution in [3.63, 3.8) is 0 Å². The van der Waals surface area contributed by atoms with E-state index in [9.17, 15) is 0 Å². The van der Waals surface area contributed by atoms with Gasteiger partial charge in [-0.3, -0.25) is 0 Å². The first-order valence-corrected chi connectivity index (χ1v) is 7.62. The molecule has 2 atom stereocenters. The fourth-order valence-corrected chi connectivity index (χ4v) is 3.54. The molecule has 2 heterocycles. The molecule has 1 saturated heterocycles. The van der Waals surface area contributed by atoms with E-state index in [0.717, 1.165) is 11.5 Å². The zero-order valence-electron chi connectivity index (χ0n) is 12.0. The second kappa shape index (κ2) is 4.38. The molecule has 0 aliphatic carbocycles. The van der Waals surface area contributed by atoms with Gasteiger partial charge in [0.1, 0.15) is 5.75 Å². The van der Waals surface area contributed by atoms with Gasteiger partial charge in [0.2, 0.25) is 0 Å². The maximum absolute atomic E-state index is 6.15. The van der Waals surface area contributed by atoms with Crippen LogP contribution in [0.2, 0.25) is 0 Å². The highest BCUT2D eigenvalue weighted by atomic mass is 16.5. The number of para-hydroxylation sites is 3. The largest absolute Gasteiger partial charge is 0.455 e. The molecule has 2 nitrogen and oxygen atoms in total. The Labute approximate surface area is 129 Å². The van der Waals surface area contributed by atoms with E-state index in [0.29, 0.717) is 12.1 Å². The van der Waals surface area contributed by atoms with E-state index in [1.165, 1.54) is 16.8 Å². The summed E-state index contributed by atoms with van der Waals surface area (Å²) in [6.07, 6.45) is 0. The first kappa shape index (κ1) is 11.9. The smallest absolute Gasteiger partial charge is 0.150 e. The molecule has 22 heavy (non-hydrogen) atoms. The number of hydrogen-bond acceptors (Lipinski definition) is 2. The van der Waals surface area contributed by atoms with E-state index < -0.39 is 0 Å². The van der Waals surface area contributed by atoms with E-state index >= 15 is 0 Å². The Morgan fingerprint density at radius 2 is 1.32 bits per heavy atom. The Bertz CT molecular complexity index is 792.